The van der Waals surface area contributed by atoms with Gasteiger partial charge < -0.3 is 10.1 Å². The average molecular weight is 291 g/mol. The minimum absolute atomic E-state index is 0.190. The van der Waals surface area contributed by atoms with Gasteiger partial charge in [0.15, 0.2) is 0 Å². The van der Waals surface area contributed by atoms with Gasteiger partial charge in [-0.2, -0.15) is 0 Å². The zero-order valence-corrected chi connectivity index (χ0v) is 12.4. The monoisotopic (exact) mass is 291 g/mol. The molecule has 3 amide bonds. The SMILES string of the molecule is CNC(=O)NC(=O)CN1CCC[C@H]1c1cccc(OC)c1. The Morgan fingerprint density at radius 1 is 1.43 bits per heavy atom. The van der Waals surface area contributed by atoms with Crippen LogP contribution in [0.3, 0.4) is 0 Å². The maximum absolute atomic E-state index is 11.8. The molecule has 0 unspecified atom stereocenters. The van der Waals surface area contributed by atoms with Crippen LogP contribution in [0.1, 0.15) is 24.4 Å². The molecule has 0 saturated carbocycles. The highest BCUT2D eigenvalue weighted by molar-refractivity contribution is 5.95. The lowest BCUT2D eigenvalue weighted by Crippen LogP contribution is -2.43. The maximum Gasteiger partial charge on any atom is 0.321 e. The highest BCUT2D eigenvalue weighted by atomic mass is 16.5. The van der Waals surface area contributed by atoms with E-state index in [4.69, 9.17) is 4.74 Å². The third-order valence-corrected chi connectivity index (χ3v) is 3.67. The van der Waals surface area contributed by atoms with Crippen LogP contribution in [0.25, 0.3) is 0 Å². The van der Waals surface area contributed by atoms with Gasteiger partial charge in [-0.3, -0.25) is 15.0 Å². The molecule has 1 fully saturated rings. The van der Waals surface area contributed by atoms with Crippen molar-refractivity contribution in [3.63, 3.8) is 0 Å². The number of urea groups is 1. The normalized spacial score (nSPS) is 18.3. The van der Waals surface area contributed by atoms with Crippen molar-refractivity contribution in [1.82, 2.24) is 15.5 Å². The fourth-order valence-corrected chi connectivity index (χ4v) is 2.65. The number of hydrogen-bond acceptors (Lipinski definition) is 4. The summed E-state index contributed by atoms with van der Waals surface area (Å²) < 4.78 is 5.25. The summed E-state index contributed by atoms with van der Waals surface area (Å²) in [4.78, 5) is 25.1. The Labute approximate surface area is 124 Å². The van der Waals surface area contributed by atoms with E-state index in [2.05, 4.69) is 15.5 Å². The lowest BCUT2D eigenvalue weighted by atomic mass is 10.0. The molecule has 1 saturated heterocycles. The first-order valence-electron chi connectivity index (χ1n) is 7.03. The Bertz CT molecular complexity index is 519. The van der Waals surface area contributed by atoms with Crippen LogP contribution >= 0.6 is 0 Å². The van der Waals surface area contributed by atoms with E-state index in [1.165, 1.54) is 7.05 Å². The molecule has 2 N–H and O–H groups in total. The molecular formula is C15H21N3O3. The molecule has 0 spiro atoms. The summed E-state index contributed by atoms with van der Waals surface area (Å²) in [6.45, 7) is 1.07. The van der Waals surface area contributed by atoms with Crippen LogP contribution in [-0.2, 0) is 4.79 Å². The fourth-order valence-electron chi connectivity index (χ4n) is 2.65. The summed E-state index contributed by atoms with van der Waals surface area (Å²) in [5.41, 5.74) is 1.14. The van der Waals surface area contributed by atoms with Gasteiger partial charge in [-0.25, -0.2) is 4.79 Å². The molecule has 21 heavy (non-hydrogen) atoms. The van der Waals surface area contributed by atoms with E-state index in [0.717, 1.165) is 30.7 Å². The van der Waals surface area contributed by atoms with Crippen LogP contribution in [0, 0.1) is 0 Å². The summed E-state index contributed by atoms with van der Waals surface area (Å²) in [6, 6.07) is 7.62. The quantitative estimate of drug-likeness (QED) is 0.877. The Hall–Kier alpha value is -2.08. The lowest BCUT2D eigenvalue weighted by molar-refractivity contribution is -0.121. The van der Waals surface area contributed by atoms with E-state index in [1.807, 2.05) is 24.3 Å². The number of likely N-dealkylation sites (tertiary alicyclic amines) is 1. The third kappa shape index (κ3) is 3.95. The molecule has 1 atom stereocenters. The Morgan fingerprint density at radius 3 is 2.95 bits per heavy atom. The predicted molar refractivity (Wildman–Crippen MR) is 79.1 cm³/mol. The van der Waals surface area contributed by atoms with Crippen LogP contribution in [0.15, 0.2) is 24.3 Å². The van der Waals surface area contributed by atoms with Crippen molar-refractivity contribution >= 4 is 11.9 Å². The van der Waals surface area contributed by atoms with Crippen molar-refractivity contribution in [2.24, 2.45) is 0 Å². The molecule has 0 bridgehead atoms. The largest absolute Gasteiger partial charge is 0.497 e. The topological polar surface area (TPSA) is 70.7 Å². The molecule has 1 aromatic carbocycles. The first kappa shape index (κ1) is 15.3. The van der Waals surface area contributed by atoms with Gasteiger partial charge in [-0.1, -0.05) is 12.1 Å². The number of ether oxygens (including phenoxy) is 1. The third-order valence-electron chi connectivity index (χ3n) is 3.67. The number of hydrogen-bond donors (Lipinski definition) is 2. The van der Waals surface area contributed by atoms with Crippen LogP contribution in [0.5, 0.6) is 5.75 Å². The molecule has 0 aliphatic carbocycles. The number of methoxy groups -OCH3 is 1. The molecule has 1 aromatic rings. The number of nitrogens with one attached hydrogen (secondary N) is 2. The van der Waals surface area contributed by atoms with Crippen molar-refractivity contribution in [2.45, 2.75) is 18.9 Å². The van der Waals surface area contributed by atoms with Crippen LogP contribution in [0.2, 0.25) is 0 Å². The van der Waals surface area contributed by atoms with E-state index in [-0.39, 0.29) is 18.5 Å². The molecule has 0 aromatic heterocycles. The number of carbonyl (C=O) groups is 2. The zero-order valence-electron chi connectivity index (χ0n) is 12.4. The first-order chi connectivity index (χ1) is 10.1. The smallest absolute Gasteiger partial charge is 0.321 e. The van der Waals surface area contributed by atoms with E-state index < -0.39 is 6.03 Å². The van der Waals surface area contributed by atoms with E-state index in [9.17, 15) is 9.59 Å². The van der Waals surface area contributed by atoms with E-state index in [1.54, 1.807) is 7.11 Å². The highest BCUT2D eigenvalue weighted by Crippen LogP contribution is 2.32. The summed E-state index contributed by atoms with van der Waals surface area (Å²) >= 11 is 0. The second-order valence-electron chi connectivity index (χ2n) is 5.03. The molecular weight excluding hydrogens is 270 g/mol. The van der Waals surface area contributed by atoms with Gasteiger partial charge in [0.25, 0.3) is 0 Å². The Kier molecular flexibility index (Phi) is 5.16. The number of amides is 3. The van der Waals surface area contributed by atoms with Crippen molar-refractivity contribution < 1.29 is 14.3 Å². The van der Waals surface area contributed by atoms with Crippen LogP contribution in [-0.4, -0.2) is 44.1 Å². The zero-order chi connectivity index (χ0) is 15.2. The molecule has 114 valence electrons. The predicted octanol–water partition coefficient (Wildman–Crippen LogP) is 1.29. The number of imide groups is 1. The fraction of sp³-hybridized carbons (Fsp3) is 0.467. The van der Waals surface area contributed by atoms with Gasteiger partial charge in [0.2, 0.25) is 5.91 Å². The highest BCUT2D eigenvalue weighted by Gasteiger charge is 2.28. The van der Waals surface area contributed by atoms with Crippen LogP contribution < -0.4 is 15.4 Å². The van der Waals surface area contributed by atoms with Crippen molar-refractivity contribution in [3.8, 4) is 5.75 Å². The standard InChI is InChI=1S/C15H21N3O3/c1-16-15(20)17-14(19)10-18-8-4-7-13(18)11-5-3-6-12(9-11)21-2/h3,5-6,9,13H,4,7-8,10H2,1-2H3,(H2,16,17,19,20)/t13-/m0/s1. The summed E-state index contributed by atoms with van der Waals surface area (Å²) in [5, 5.41) is 4.67. The maximum atomic E-state index is 11.8. The minimum atomic E-state index is -0.475. The molecule has 2 rings (SSSR count). The van der Waals surface area contributed by atoms with Crippen LogP contribution in [0.4, 0.5) is 4.79 Å². The molecule has 0 radical (unpaired) electrons. The Morgan fingerprint density at radius 2 is 2.24 bits per heavy atom. The van der Waals surface area contributed by atoms with Gasteiger partial charge in [-0.15, -0.1) is 0 Å². The molecule has 1 aliphatic rings. The van der Waals surface area contributed by atoms with Gasteiger partial charge in [-0.05, 0) is 37.1 Å². The van der Waals surface area contributed by atoms with Crippen molar-refractivity contribution in [2.75, 3.05) is 27.2 Å². The molecule has 6 nitrogen and oxygen atoms in total. The number of carbonyl (C=O) groups excluding carboxylic acids is 2. The first-order valence-corrected chi connectivity index (χ1v) is 7.03. The minimum Gasteiger partial charge on any atom is -0.497 e. The average Bonchev–Trinajstić information content (AvgIpc) is 2.95. The second kappa shape index (κ2) is 7.08. The molecule has 1 aliphatic heterocycles. The number of rotatable bonds is 4. The van der Waals surface area contributed by atoms with Crippen molar-refractivity contribution in [1.29, 1.82) is 0 Å². The summed E-state index contributed by atoms with van der Waals surface area (Å²) in [5.74, 6) is 0.526. The summed E-state index contributed by atoms with van der Waals surface area (Å²) in [6.07, 6.45) is 2.04. The number of nitrogens with zero attached hydrogens (tertiary/aromatic N) is 1. The lowest BCUT2D eigenvalue weighted by Gasteiger charge is -2.24. The van der Waals surface area contributed by atoms with E-state index >= 15 is 0 Å². The Balaban J connectivity index is 2.02. The van der Waals surface area contributed by atoms with E-state index in [0.29, 0.717) is 0 Å². The summed E-state index contributed by atoms with van der Waals surface area (Å²) in [7, 11) is 3.12. The molecule has 1 heterocycles. The van der Waals surface area contributed by atoms with Crippen molar-refractivity contribution in [3.05, 3.63) is 29.8 Å². The van der Waals surface area contributed by atoms with Gasteiger partial charge in [0.1, 0.15) is 5.75 Å². The second-order valence-corrected chi connectivity index (χ2v) is 5.03. The van der Waals surface area contributed by atoms with Gasteiger partial charge >= 0.3 is 6.03 Å². The van der Waals surface area contributed by atoms with Gasteiger partial charge in [0, 0.05) is 13.1 Å². The van der Waals surface area contributed by atoms with Gasteiger partial charge in [0.05, 0.1) is 13.7 Å². The molecule has 6 heteroatoms. The number of benzene rings is 1.